The van der Waals surface area contributed by atoms with Crippen LogP contribution in [0.25, 0.3) is 0 Å². The predicted octanol–water partition coefficient (Wildman–Crippen LogP) is 3.24. The Labute approximate surface area is 107 Å². The van der Waals surface area contributed by atoms with Crippen LogP contribution in [0.5, 0.6) is 0 Å². The summed E-state index contributed by atoms with van der Waals surface area (Å²) in [4.78, 5) is 0. The lowest BCUT2D eigenvalue weighted by molar-refractivity contribution is 0.0555. The molecule has 2 nitrogen and oxygen atoms in total. The molecule has 4 heteroatoms. The summed E-state index contributed by atoms with van der Waals surface area (Å²) in [6, 6.07) is 5.42. The van der Waals surface area contributed by atoms with E-state index in [4.69, 9.17) is 23.2 Å². The summed E-state index contributed by atoms with van der Waals surface area (Å²) in [6.45, 7) is 4.94. The summed E-state index contributed by atoms with van der Waals surface area (Å²) >= 11 is 11.8. The molecule has 0 heterocycles. The summed E-state index contributed by atoms with van der Waals surface area (Å²) in [5.74, 6) is 0. The van der Waals surface area contributed by atoms with Crippen LogP contribution in [0.15, 0.2) is 18.2 Å². The molecule has 0 aromatic heterocycles. The van der Waals surface area contributed by atoms with E-state index in [2.05, 4.69) is 5.32 Å². The zero-order chi connectivity index (χ0) is 12.2. The van der Waals surface area contributed by atoms with Crippen LogP contribution in [0.3, 0.4) is 0 Å². The van der Waals surface area contributed by atoms with E-state index in [1.807, 2.05) is 26.0 Å². The van der Waals surface area contributed by atoms with Crippen molar-refractivity contribution in [1.29, 1.82) is 0 Å². The van der Waals surface area contributed by atoms with E-state index in [-0.39, 0.29) is 0 Å². The molecular weight excluding hydrogens is 245 g/mol. The van der Waals surface area contributed by atoms with E-state index in [0.717, 1.165) is 5.56 Å². The summed E-state index contributed by atoms with van der Waals surface area (Å²) < 4.78 is 0. The third kappa shape index (κ3) is 4.30. The average molecular weight is 262 g/mol. The molecule has 16 heavy (non-hydrogen) atoms. The Balaban J connectivity index is 2.49. The van der Waals surface area contributed by atoms with E-state index in [9.17, 15) is 5.11 Å². The quantitative estimate of drug-likeness (QED) is 0.853. The zero-order valence-electron chi connectivity index (χ0n) is 9.56. The molecule has 1 rings (SSSR count). The largest absolute Gasteiger partial charge is 0.389 e. The van der Waals surface area contributed by atoms with Crippen LogP contribution >= 0.6 is 23.2 Å². The molecule has 0 fully saturated rings. The van der Waals surface area contributed by atoms with Crippen molar-refractivity contribution >= 4 is 23.2 Å². The number of aliphatic hydroxyl groups is 1. The smallest absolute Gasteiger partial charge is 0.0741 e. The maximum absolute atomic E-state index is 9.80. The van der Waals surface area contributed by atoms with E-state index >= 15 is 0 Å². The summed E-state index contributed by atoms with van der Waals surface area (Å²) in [5, 5.41) is 14.3. The zero-order valence-corrected chi connectivity index (χ0v) is 11.1. The fourth-order valence-electron chi connectivity index (χ4n) is 1.26. The molecule has 1 aromatic carbocycles. The molecule has 0 amide bonds. The number of halogens is 2. The van der Waals surface area contributed by atoms with Gasteiger partial charge in [0.25, 0.3) is 0 Å². The lowest BCUT2D eigenvalue weighted by Gasteiger charge is -2.21. The number of nitrogens with one attached hydrogen (secondary N) is 1. The lowest BCUT2D eigenvalue weighted by Crippen LogP contribution is -2.36. The maximum Gasteiger partial charge on any atom is 0.0741 e. The summed E-state index contributed by atoms with van der Waals surface area (Å²) in [6.07, 6.45) is 0.717. The normalized spacial score (nSPS) is 14.8. The third-order valence-electron chi connectivity index (χ3n) is 2.60. The Morgan fingerprint density at radius 3 is 2.62 bits per heavy atom. The van der Waals surface area contributed by atoms with Gasteiger partial charge in [-0.1, -0.05) is 36.2 Å². The van der Waals surface area contributed by atoms with E-state index in [0.29, 0.717) is 29.6 Å². The monoisotopic (exact) mass is 261 g/mol. The van der Waals surface area contributed by atoms with Crippen LogP contribution in [0.1, 0.15) is 25.8 Å². The van der Waals surface area contributed by atoms with Gasteiger partial charge in [-0.15, -0.1) is 0 Å². The molecule has 0 saturated carbocycles. The molecule has 0 aliphatic rings. The molecule has 90 valence electrons. The molecule has 0 aliphatic heterocycles. The Bertz CT molecular complexity index is 353. The average Bonchev–Trinajstić information content (AvgIpc) is 2.21. The van der Waals surface area contributed by atoms with Crippen molar-refractivity contribution in [2.75, 3.05) is 6.54 Å². The fraction of sp³-hybridized carbons (Fsp3) is 0.500. The highest BCUT2D eigenvalue weighted by atomic mass is 35.5. The van der Waals surface area contributed by atoms with E-state index in [1.54, 1.807) is 6.07 Å². The minimum atomic E-state index is -0.668. The standard InChI is InChI=1S/C12H17Cl2NO/c1-3-12(2,16)8-15-7-9-4-5-10(13)6-11(9)14/h4-6,15-16H,3,7-8H2,1-2H3. The van der Waals surface area contributed by atoms with Gasteiger partial charge in [-0.2, -0.15) is 0 Å². The van der Waals surface area contributed by atoms with Gasteiger partial charge in [0.15, 0.2) is 0 Å². The highest BCUT2D eigenvalue weighted by Gasteiger charge is 2.16. The van der Waals surface area contributed by atoms with Crippen LogP contribution in [0.2, 0.25) is 10.0 Å². The molecule has 1 atom stereocenters. The van der Waals surface area contributed by atoms with Gasteiger partial charge < -0.3 is 10.4 Å². The fourth-order valence-corrected chi connectivity index (χ4v) is 1.73. The highest BCUT2D eigenvalue weighted by molar-refractivity contribution is 6.35. The van der Waals surface area contributed by atoms with Crippen molar-refractivity contribution < 1.29 is 5.11 Å². The van der Waals surface area contributed by atoms with Crippen LogP contribution in [0, 0.1) is 0 Å². The van der Waals surface area contributed by atoms with Crippen molar-refractivity contribution in [2.24, 2.45) is 0 Å². The van der Waals surface area contributed by atoms with Crippen molar-refractivity contribution in [3.8, 4) is 0 Å². The van der Waals surface area contributed by atoms with E-state index in [1.165, 1.54) is 0 Å². The van der Waals surface area contributed by atoms with Gasteiger partial charge in [0.1, 0.15) is 0 Å². The Kier molecular flexibility index (Phi) is 5.06. The molecule has 0 bridgehead atoms. The van der Waals surface area contributed by atoms with Crippen LogP contribution < -0.4 is 5.32 Å². The molecule has 0 spiro atoms. The lowest BCUT2D eigenvalue weighted by atomic mass is 10.0. The van der Waals surface area contributed by atoms with Crippen molar-refractivity contribution in [3.05, 3.63) is 33.8 Å². The minimum Gasteiger partial charge on any atom is -0.389 e. The topological polar surface area (TPSA) is 32.3 Å². The first kappa shape index (κ1) is 13.8. The molecule has 2 N–H and O–H groups in total. The number of hydrogen-bond acceptors (Lipinski definition) is 2. The Morgan fingerprint density at radius 1 is 1.38 bits per heavy atom. The maximum atomic E-state index is 9.80. The van der Waals surface area contributed by atoms with Gasteiger partial charge in [-0.05, 0) is 31.0 Å². The molecule has 0 saturated heterocycles. The van der Waals surface area contributed by atoms with Gasteiger partial charge in [-0.25, -0.2) is 0 Å². The summed E-state index contributed by atoms with van der Waals surface area (Å²) in [7, 11) is 0. The highest BCUT2D eigenvalue weighted by Crippen LogP contribution is 2.20. The molecule has 0 aliphatic carbocycles. The van der Waals surface area contributed by atoms with Crippen molar-refractivity contribution in [1.82, 2.24) is 5.32 Å². The van der Waals surface area contributed by atoms with Crippen LogP contribution in [-0.4, -0.2) is 17.3 Å². The first-order chi connectivity index (χ1) is 7.44. The first-order valence-corrected chi connectivity index (χ1v) is 6.07. The summed E-state index contributed by atoms with van der Waals surface area (Å²) in [5.41, 5.74) is 0.316. The second-order valence-electron chi connectivity index (χ2n) is 4.19. The number of rotatable bonds is 5. The molecule has 0 radical (unpaired) electrons. The van der Waals surface area contributed by atoms with Gasteiger partial charge in [0, 0.05) is 23.1 Å². The van der Waals surface area contributed by atoms with Gasteiger partial charge in [0.2, 0.25) is 0 Å². The van der Waals surface area contributed by atoms with Gasteiger partial charge in [0.05, 0.1) is 5.60 Å². The Morgan fingerprint density at radius 2 is 2.06 bits per heavy atom. The van der Waals surface area contributed by atoms with Crippen molar-refractivity contribution in [3.63, 3.8) is 0 Å². The minimum absolute atomic E-state index is 0.544. The first-order valence-electron chi connectivity index (χ1n) is 5.31. The predicted molar refractivity (Wildman–Crippen MR) is 69.1 cm³/mol. The molecule has 1 unspecified atom stereocenters. The van der Waals surface area contributed by atoms with Crippen LogP contribution in [-0.2, 0) is 6.54 Å². The SMILES string of the molecule is CCC(C)(O)CNCc1ccc(Cl)cc1Cl. The second-order valence-corrected chi connectivity index (χ2v) is 5.03. The van der Waals surface area contributed by atoms with E-state index < -0.39 is 5.60 Å². The van der Waals surface area contributed by atoms with Crippen LogP contribution in [0.4, 0.5) is 0 Å². The number of benzene rings is 1. The Hall–Kier alpha value is -0.280. The third-order valence-corrected chi connectivity index (χ3v) is 3.19. The van der Waals surface area contributed by atoms with Crippen molar-refractivity contribution in [2.45, 2.75) is 32.4 Å². The van der Waals surface area contributed by atoms with Gasteiger partial charge in [-0.3, -0.25) is 0 Å². The van der Waals surface area contributed by atoms with Gasteiger partial charge >= 0.3 is 0 Å². The second kappa shape index (κ2) is 5.87. The molecule has 1 aromatic rings. The molecular formula is C12H17Cl2NO. The number of hydrogen-bond donors (Lipinski definition) is 2.